The Morgan fingerprint density at radius 1 is 1.59 bits per heavy atom. The van der Waals surface area contributed by atoms with E-state index in [9.17, 15) is 4.79 Å². The van der Waals surface area contributed by atoms with Crippen LogP contribution in [0.3, 0.4) is 0 Å². The standard InChI is InChI=1S/C12H17N3O2/c1-2-4-12(5-6-12)8-13-10-9(11(16)17)3-7-14-15-10/h3,7H,2,4-6,8H2,1H3,(H,13,15)(H,16,17). The molecule has 0 aliphatic heterocycles. The number of carbonyl (C=O) groups is 1. The van der Waals surface area contributed by atoms with Crippen LogP contribution in [0, 0.1) is 5.41 Å². The maximum atomic E-state index is 11.0. The molecule has 5 heteroatoms. The Morgan fingerprint density at radius 2 is 2.35 bits per heavy atom. The number of nitrogens with one attached hydrogen (secondary N) is 1. The summed E-state index contributed by atoms with van der Waals surface area (Å²) in [5.41, 5.74) is 0.550. The van der Waals surface area contributed by atoms with Crippen molar-refractivity contribution in [2.24, 2.45) is 5.41 Å². The minimum Gasteiger partial charge on any atom is -0.478 e. The molecular formula is C12H17N3O2. The second kappa shape index (κ2) is 4.69. The molecule has 1 heterocycles. The summed E-state index contributed by atoms with van der Waals surface area (Å²) in [5.74, 6) is -0.592. The predicted octanol–water partition coefficient (Wildman–Crippen LogP) is 2.17. The zero-order chi connectivity index (χ0) is 12.3. The third-order valence-corrected chi connectivity index (χ3v) is 3.32. The molecule has 1 fully saturated rings. The lowest BCUT2D eigenvalue weighted by molar-refractivity contribution is 0.0697. The molecule has 0 aromatic carbocycles. The van der Waals surface area contributed by atoms with Crippen LogP contribution in [0.25, 0.3) is 0 Å². The lowest BCUT2D eigenvalue weighted by Gasteiger charge is -2.15. The van der Waals surface area contributed by atoms with E-state index < -0.39 is 5.97 Å². The molecule has 0 unspecified atom stereocenters. The third kappa shape index (κ3) is 2.72. The first-order valence-corrected chi connectivity index (χ1v) is 5.96. The fraction of sp³-hybridized carbons (Fsp3) is 0.583. The van der Waals surface area contributed by atoms with Gasteiger partial charge in [0, 0.05) is 6.54 Å². The first-order valence-electron chi connectivity index (χ1n) is 5.96. The zero-order valence-corrected chi connectivity index (χ0v) is 9.94. The van der Waals surface area contributed by atoms with Crippen LogP contribution in [0.1, 0.15) is 43.0 Å². The zero-order valence-electron chi connectivity index (χ0n) is 9.94. The van der Waals surface area contributed by atoms with Gasteiger partial charge in [-0.15, -0.1) is 5.10 Å². The molecule has 1 saturated carbocycles. The highest BCUT2D eigenvalue weighted by Gasteiger charge is 2.41. The van der Waals surface area contributed by atoms with Crippen molar-refractivity contribution in [1.29, 1.82) is 0 Å². The molecular weight excluding hydrogens is 218 g/mol. The van der Waals surface area contributed by atoms with Crippen LogP contribution in [-0.4, -0.2) is 27.8 Å². The quantitative estimate of drug-likeness (QED) is 0.790. The van der Waals surface area contributed by atoms with E-state index in [2.05, 4.69) is 22.4 Å². The average molecular weight is 235 g/mol. The third-order valence-electron chi connectivity index (χ3n) is 3.32. The van der Waals surface area contributed by atoms with Gasteiger partial charge in [0.05, 0.1) is 6.20 Å². The number of rotatable bonds is 6. The molecule has 0 radical (unpaired) electrons. The van der Waals surface area contributed by atoms with Crippen molar-refractivity contribution in [3.63, 3.8) is 0 Å². The maximum Gasteiger partial charge on any atom is 0.339 e. The summed E-state index contributed by atoms with van der Waals surface area (Å²) < 4.78 is 0. The number of aromatic nitrogens is 2. The average Bonchev–Trinajstić information content (AvgIpc) is 3.08. The summed E-state index contributed by atoms with van der Waals surface area (Å²) in [6.45, 7) is 2.96. The number of nitrogens with zero attached hydrogens (tertiary/aromatic N) is 2. The van der Waals surface area contributed by atoms with Crippen LogP contribution in [0.5, 0.6) is 0 Å². The normalized spacial score (nSPS) is 16.5. The van der Waals surface area contributed by atoms with Gasteiger partial charge in [-0.2, -0.15) is 5.10 Å². The number of aromatic carboxylic acids is 1. The van der Waals surface area contributed by atoms with Gasteiger partial charge in [-0.25, -0.2) is 4.79 Å². The lowest BCUT2D eigenvalue weighted by atomic mass is 10.0. The van der Waals surface area contributed by atoms with Crippen LogP contribution in [0.15, 0.2) is 12.3 Å². The molecule has 1 aromatic heterocycles. The van der Waals surface area contributed by atoms with Crippen molar-refractivity contribution in [2.45, 2.75) is 32.6 Å². The van der Waals surface area contributed by atoms with E-state index in [0.717, 1.165) is 13.0 Å². The van der Waals surface area contributed by atoms with Gasteiger partial charge in [-0.3, -0.25) is 0 Å². The lowest BCUT2D eigenvalue weighted by Crippen LogP contribution is -2.18. The topological polar surface area (TPSA) is 75.1 Å². The van der Waals surface area contributed by atoms with Gasteiger partial charge in [0.2, 0.25) is 0 Å². The Labute approximate surface area is 100 Å². The van der Waals surface area contributed by atoms with Crippen molar-refractivity contribution in [1.82, 2.24) is 10.2 Å². The number of carboxylic acids is 1. The van der Waals surface area contributed by atoms with Gasteiger partial charge in [0.25, 0.3) is 0 Å². The minimum atomic E-state index is -0.970. The monoisotopic (exact) mass is 235 g/mol. The van der Waals surface area contributed by atoms with E-state index in [0.29, 0.717) is 11.2 Å². The molecule has 1 aliphatic carbocycles. The van der Waals surface area contributed by atoms with Crippen LogP contribution >= 0.6 is 0 Å². The fourth-order valence-electron chi connectivity index (χ4n) is 2.13. The molecule has 0 saturated heterocycles. The van der Waals surface area contributed by atoms with Gasteiger partial charge in [-0.05, 0) is 30.7 Å². The Hall–Kier alpha value is -1.65. The molecule has 5 nitrogen and oxygen atoms in total. The van der Waals surface area contributed by atoms with E-state index in [-0.39, 0.29) is 5.56 Å². The van der Waals surface area contributed by atoms with E-state index in [1.165, 1.54) is 31.5 Å². The molecule has 0 bridgehead atoms. The number of hydrogen-bond acceptors (Lipinski definition) is 4. The van der Waals surface area contributed by atoms with Gasteiger partial charge in [0.15, 0.2) is 5.82 Å². The van der Waals surface area contributed by atoms with Crippen LogP contribution in [0.4, 0.5) is 5.82 Å². The van der Waals surface area contributed by atoms with Gasteiger partial charge >= 0.3 is 5.97 Å². The Balaban J connectivity index is 2.02. The highest BCUT2D eigenvalue weighted by molar-refractivity contribution is 5.92. The van der Waals surface area contributed by atoms with E-state index in [1.54, 1.807) is 0 Å². The molecule has 0 atom stereocenters. The van der Waals surface area contributed by atoms with E-state index in [1.807, 2.05) is 0 Å². The molecule has 92 valence electrons. The van der Waals surface area contributed by atoms with Gasteiger partial charge in [-0.1, -0.05) is 13.3 Å². The predicted molar refractivity (Wildman–Crippen MR) is 64.1 cm³/mol. The van der Waals surface area contributed by atoms with Crippen molar-refractivity contribution >= 4 is 11.8 Å². The second-order valence-corrected chi connectivity index (χ2v) is 4.70. The Morgan fingerprint density at radius 3 is 2.94 bits per heavy atom. The largest absolute Gasteiger partial charge is 0.478 e. The summed E-state index contributed by atoms with van der Waals surface area (Å²) in [5, 5.41) is 19.7. The minimum absolute atomic E-state index is 0.187. The highest BCUT2D eigenvalue weighted by Crippen LogP contribution is 2.49. The molecule has 17 heavy (non-hydrogen) atoms. The van der Waals surface area contributed by atoms with Crippen molar-refractivity contribution in [2.75, 3.05) is 11.9 Å². The van der Waals surface area contributed by atoms with Crippen molar-refractivity contribution in [3.8, 4) is 0 Å². The van der Waals surface area contributed by atoms with Crippen molar-refractivity contribution < 1.29 is 9.90 Å². The SMILES string of the molecule is CCCC1(CNc2nnccc2C(=O)O)CC1. The Bertz CT molecular complexity index is 416. The summed E-state index contributed by atoms with van der Waals surface area (Å²) in [6, 6.07) is 1.47. The van der Waals surface area contributed by atoms with Crippen LogP contribution < -0.4 is 5.32 Å². The molecule has 1 aromatic rings. The summed E-state index contributed by atoms with van der Waals surface area (Å²) in [4.78, 5) is 11.0. The summed E-state index contributed by atoms with van der Waals surface area (Å²) in [6.07, 6.45) is 6.18. The number of anilines is 1. The molecule has 2 rings (SSSR count). The van der Waals surface area contributed by atoms with Crippen molar-refractivity contribution in [3.05, 3.63) is 17.8 Å². The smallest absolute Gasteiger partial charge is 0.339 e. The van der Waals surface area contributed by atoms with E-state index >= 15 is 0 Å². The summed E-state index contributed by atoms with van der Waals surface area (Å²) >= 11 is 0. The van der Waals surface area contributed by atoms with Gasteiger partial charge in [0.1, 0.15) is 5.56 Å². The molecule has 0 amide bonds. The summed E-state index contributed by atoms with van der Waals surface area (Å²) in [7, 11) is 0. The highest BCUT2D eigenvalue weighted by atomic mass is 16.4. The fourth-order valence-corrected chi connectivity index (χ4v) is 2.13. The number of hydrogen-bond donors (Lipinski definition) is 2. The van der Waals surface area contributed by atoms with E-state index in [4.69, 9.17) is 5.11 Å². The second-order valence-electron chi connectivity index (χ2n) is 4.70. The maximum absolute atomic E-state index is 11.0. The molecule has 0 spiro atoms. The first-order chi connectivity index (χ1) is 8.17. The van der Waals surface area contributed by atoms with Crippen LogP contribution in [0.2, 0.25) is 0 Å². The Kier molecular flexibility index (Phi) is 3.26. The first kappa shape index (κ1) is 11.8. The molecule has 1 aliphatic rings. The van der Waals surface area contributed by atoms with Crippen LogP contribution in [-0.2, 0) is 0 Å². The van der Waals surface area contributed by atoms with Gasteiger partial charge < -0.3 is 10.4 Å². The number of carboxylic acid groups (broad SMARTS) is 1. The molecule has 2 N–H and O–H groups in total.